The van der Waals surface area contributed by atoms with Crippen LogP contribution in [0.3, 0.4) is 0 Å². The van der Waals surface area contributed by atoms with Crippen molar-refractivity contribution in [2.75, 3.05) is 0 Å². The van der Waals surface area contributed by atoms with E-state index in [0.29, 0.717) is 4.67 Å². The molecule has 0 spiro atoms. The minimum Gasteiger partial charge on any atom is -0.448 e. The Morgan fingerprint density at radius 3 is 2.53 bits per heavy atom. The molecule has 0 bridgehead atoms. The molecule has 0 aliphatic heterocycles. The van der Waals surface area contributed by atoms with Crippen LogP contribution in [0.15, 0.2) is 27.3 Å². The molecule has 0 saturated heterocycles. The van der Waals surface area contributed by atoms with E-state index in [1.807, 2.05) is 5.10 Å². The SMILES string of the molecule is FC(F)(F)c1cc(-c2ccc(Br)o2)n[nH]1. The van der Waals surface area contributed by atoms with E-state index in [9.17, 15) is 13.2 Å². The first kappa shape index (κ1) is 10.3. The lowest BCUT2D eigenvalue weighted by Crippen LogP contribution is -2.04. The van der Waals surface area contributed by atoms with Gasteiger partial charge in [-0.15, -0.1) is 0 Å². The van der Waals surface area contributed by atoms with Crippen molar-refractivity contribution in [1.82, 2.24) is 10.2 Å². The summed E-state index contributed by atoms with van der Waals surface area (Å²) in [6.45, 7) is 0. The number of aromatic amines is 1. The molecule has 0 radical (unpaired) electrons. The second-order valence-electron chi connectivity index (χ2n) is 2.77. The van der Waals surface area contributed by atoms with E-state index >= 15 is 0 Å². The van der Waals surface area contributed by atoms with E-state index in [1.54, 1.807) is 6.07 Å². The Labute approximate surface area is 90.4 Å². The minimum atomic E-state index is -4.42. The van der Waals surface area contributed by atoms with Gasteiger partial charge in [-0.2, -0.15) is 18.3 Å². The first-order valence-electron chi connectivity index (χ1n) is 3.85. The normalized spacial score (nSPS) is 12.0. The van der Waals surface area contributed by atoms with Gasteiger partial charge in [0, 0.05) is 0 Å². The van der Waals surface area contributed by atoms with Crippen LogP contribution in [0.2, 0.25) is 0 Å². The fourth-order valence-corrected chi connectivity index (χ4v) is 1.35. The van der Waals surface area contributed by atoms with Crippen molar-refractivity contribution < 1.29 is 17.6 Å². The summed E-state index contributed by atoms with van der Waals surface area (Å²) >= 11 is 3.05. The molecule has 0 fully saturated rings. The molecule has 0 aliphatic carbocycles. The lowest BCUT2D eigenvalue weighted by atomic mass is 10.3. The Morgan fingerprint density at radius 1 is 1.33 bits per heavy atom. The number of alkyl halides is 3. The van der Waals surface area contributed by atoms with Crippen LogP contribution >= 0.6 is 15.9 Å². The van der Waals surface area contributed by atoms with Crippen molar-refractivity contribution in [2.45, 2.75) is 6.18 Å². The van der Waals surface area contributed by atoms with Crippen LogP contribution in [0.4, 0.5) is 13.2 Å². The predicted molar refractivity (Wildman–Crippen MR) is 49.0 cm³/mol. The molecule has 0 aliphatic rings. The molecule has 0 atom stereocenters. The fourth-order valence-electron chi connectivity index (χ4n) is 1.05. The second kappa shape index (κ2) is 3.41. The Balaban J connectivity index is 2.36. The average molecular weight is 281 g/mol. The number of hydrogen-bond donors (Lipinski definition) is 1. The Kier molecular flexibility index (Phi) is 2.34. The van der Waals surface area contributed by atoms with Gasteiger partial charge in [0.25, 0.3) is 0 Å². The summed E-state index contributed by atoms with van der Waals surface area (Å²) in [7, 11) is 0. The first-order valence-corrected chi connectivity index (χ1v) is 4.64. The molecule has 0 amide bonds. The van der Waals surface area contributed by atoms with Gasteiger partial charge in [0.2, 0.25) is 0 Å². The van der Waals surface area contributed by atoms with Crippen molar-refractivity contribution in [2.24, 2.45) is 0 Å². The van der Waals surface area contributed by atoms with Gasteiger partial charge in [-0.3, -0.25) is 5.10 Å². The van der Waals surface area contributed by atoms with Crippen LogP contribution < -0.4 is 0 Å². The number of rotatable bonds is 1. The monoisotopic (exact) mass is 280 g/mol. The van der Waals surface area contributed by atoms with Crippen LogP contribution in [0.1, 0.15) is 5.69 Å². The molecule has 0 saturated carbocycles. The molecule has 2 heterocycles. The highest BCUT2D eigenvalue weighted by molar-refractivity contribution is 9.10. The zero-order valence-corrected chi connectivity index (χ0v) is 8.69. The van der Waals surface area contributed by atoms with Gasteiger partial charge in [0.15, 0.2) is 10.4 Å². The maximum atomic E-state index is 12.2. The van der Waals surface area contributed by atoms with Crippen LogP contribution in [0, 0.1) is 0 Å². The molecular weight excluding hydrogens is 277 g/mol. The standard InChI is InChI=1S/C8H4BrF3N2O/c9-7-2-1-5(15-7)4-3-6(14-13-4)8(10,11)12/h1-3H,(H,13,14). The van der Waals surface area contributed by atoms with Gasteiger partial charge in [0.1, 0.15) is 11.4 Å². The van der Waals surface area contributed by atoms with Gasteiger partial charge in [-0.1, -0.05) is 0 Å². The molecule has 1 N–H and O–H groups in total. The second-order valence-corrected chi connectivity index (χ2v) is 3.55. The largest absolute Gasteiger partial charge is 0.448 e. The Hall–Kier alpha value is -1.24. The van der Waals surface area contributed by atoms with E-state index in [1.165, 1.54) is 6.07 Å². The maximum absolute atomic E-state index is 12.2. The zero-order valence-electron chi connectivity index (χ0n) is 7.10. The van der Waals surface area contributed by atoms with Crippen molar-refractivity contribution in [3.05, 3.63) is 28.6 Å². The summed E-state index contributed by atoms with van der Waals surface area (Å²) in [5, 5.41) is 5.41. The van der Waals surface area contributed by atoms with Crippen LogP contribution in [0.25, 0.3) is 11.5 Å². The highest BCUT2D eigenvalue weighted by Gasteiger charge is 2.33. The predicted octanol–water partition coefficient (Wildman–Crippen LogP) is 3.45. The van der Waals surface area contributed by atoms with Crippen LogP contribution in [-0.4, -0.2) is 10.2 Å². The number of aromatic nitrogens is 2. The molecule has 7 heteroatoms. The number of hydrogen-bond acceptors (Lipinski definition) is 2. The van der Waals surface area contributed by atoms with Crippen molar-refractivity contribution >= 4 is 15.9 Å². The summed E-state index contributed by atoms with van der Waals surface area (Å²) in [6.07, 6.45) is -4.42. The third-order valence-electron chi connectivity index (χ3n) is 1.71. The number of H-pyrrole nitrogens is 1. The van der Waals surface area contributed by atoms with E-state index < -0.39 is 11.9 Å². The van der Waals surface area contributed by atoms with Crippen molar-refractivity contribution in [1.29, 1.82) is 0 Å². The smallest absolute Gasteiger partial charge is 0.432 e. The maximum Gasteiger partial charge on any atom is 0.432 e. The Morgan fingerprint density at radius 2 is 2.07 bits per heavy atom. The third-order valence-corrected chi connectivity index (χ3v) is 2.14. The quantitative estimate of drug-likeness (QED) is 0.869. The molecule has 2 rings (SSSR count). The lowest BCUT2D eigenvalue weighted by Gasteiger charge is -1.99. The van der Waals surface area contributed by atoms with Crippen LogP contribution in [-0.2, 0) is 6.18 Å². The zero-order chi connectivity index (χ0) is 11.1. The minimum absolute atomic E-state index is 0.119. The van der Waals surface area contributed by atoms with Gasteiger partial charge in [-0.25, -0.2) is 0 Å². The summed E-state index contributed by atoms with van der Waals surface area (Å²) in [6, 6.07) is 4.00. The molecule has 80 valence electrons. The molecule has 15 heavy (non-hydrogen) atoms. The van der Waals surface area contributed by atoms with Crippen molar-refractivity contribution in [3.8, 4) is 11.5 Å². The summed E-state index contributed by atoms with van der Waals surface area (Å²) in [4.78, 5) is 0. The van der Waals surface area contributed by atoms with Gasteiger partial charge < -0.3 is 4.42 Å². The topological polar surface area (TPSA) is 41.8 Å². The highest BCUT2D eigenvalue weighted by Crippen LogP contribution is 2.31. The number of nitrogens with one attached hydrogen (secondary N) is 1. The van der Waals surface area contributed by atoms with Crippen LogP contribution in [0.5, 0.6) is 0 Å². The van der Waals surface area contributed by atoms with E-state index in [4.69, 9.17) is 4.42 Å². The van der Waals surface area contributed by atoms with Gasteiger partial charge in [0.05, 0.1) is 0 Å². The van der Waals surface area contributed by atoms with Gasteiger partial charge in [-0.05, 0) is 34.1 Å². The summed E-state index contributed by atoms with van der Waals surface area (Å²) in [5.41, 5.74) is -0.780. The lowest BCUT2D eigenvalue weighted by molar-refractivity contribution is -0.141. The molecule has 2 aromatic rings. The first-order chi connectivity index (χ1) is 6.97. The number of nitrogens with zero attached hydrogens (tertiary/aromatic N) is 1. The Bertz CT molecular complexity index is 474. The molecule has 3 nitrogen and oxygen atoms in total. The molecule has 0 unspecified atom stereocenters. The van der Waals surface area contributed by atoms with E-state index in [2.05, 4.69) is 21.0 Å². The highest BCUT2D eigenvalue weighted by atomic mass is 79.9. The third kappa shape index (κ3) is 2.06. The number of furan rings is 1. The van der Waals surface area contributed by atoms with E-state index in [0.717, 1.165) is 6.07 Å². The fraction of sp³-hybridized carbons (Fsp3) is 0.125. The van der Waals surface area contributed by atoms with E-state index in [-0.39, 0.29) is 11.5 Å². The number of halogens is 4. The molecular formula is C8H4BrF3N2O. The van der Waals surface area contributed by atoms with Crippen molar-refractivity contribution in [3.63, 3.8) is 0 Å². The van der Waals surface area contributed by atoms with Gasteiger partial charge >= 0.3 is 6.18 Å². The summed E-state index contributed by atoms with van der Waals surface area (Å²) < 4.78 is 42.1. The molecule has 0 aromatic carbocycles. The average Bonchev–Trinajstić information content (AvgIpc) is 2.69. The summed E-state index contributed by atoms with van der Waals surface area (Å²) in [5.74, 6) is 0.272. The molecule has 2 aromatic heterocycles.